The number of aliphatic hydroxyl groups is 1. The minimum absolute atomic E-state index is 0.357. The average Bonchev–Trinajstić information content (AvgIpc) is 2.57. The highest BCUT2D eigenvalue weighted by molar-refractivity contribution is 6.03. The lowest BCUT2D eigenvalue weighted by atomic mass is 9.93. The Hall–Kier alpha value is -2.53. The van der Waals surface area contributed by atoms with Crippen LogP contribution < -0.4 is 14.2 Å². The maximum atomic E-state index is 12.3. The van der Waals surface area contributed by atoms with Crippen molar-refractivity contribution in [1.29, 1.82) is 0 Å². The highest BCUT2D eigenvalue weighted by Gasteiger charge is 2.37. The summed E-state index contributed by atoms with van der Waals surface area (Å²) in [4.78, 5) is 12.3. The zero-order chi connectivity index (χ0) is 15.7. The van der Waals surface area contributed by atoms with Gasteiger partial charge in [0.25, 0.3) is 0 Å². The number of carbonyl (C=O) groups is 1. The van der Waals surface area contributed by atoms with Crippen molar-refractivity contribution in [3.63, 3.8) is 0 Å². The number of fused-ring (bicyclic) bond motifs is 1. The number of ketones is 1. The van der Waals surface area contributed by atoms with Gasteiger partial charge >= 0.3 is 0 Å². The third-order valence-electron chi connectivity index (χ3n) is 3.71. The van der Waals surface area contributed by atoms with Gasteiger partial charge in [-0.25, -0.2) is 0 Å². The summed E-state index contributed by atoms with van der Waals surface area (Å²) in [5.74, 6) is 1.35. The predicted octanol–water partition coefficient (Wildman–Crippen LogP) is 2.38. The standard InChI is InChI=1S/C17H16O5/c1-20-11-5-3-10(4-6-11)17-16(19)15(18)13-8-7-12(21-2)9-14(13)22-17/h3-9,16-17,19H,1-2H3/t16-,17+/m0/s1. The molecule has 114 valence electrons. The Morgan fingerprint density at radius 1 is 1.00 bits per heavy atom. The minimum atomic E-state index is -1.24. The second-order valence-electron chi connectivity index (χ2n) is 4.98. The van der Waals surface area contributed by atoms with E-state index in [0.29, 0.717) is 28.4 Å². The molecule has 0 radical (unpaired) electrons. The van der Waals surface area contributed by atoms with Crippen LogP contribution in [0.5, 0.6) is 17.2 Å². The van der Waals surface area contributed by atoms with Crippen molar-refractivity contribution in [3.05, 3.63) is 53.6 Å². The Balaban J connectivity index is 1.97. The van der Waals surface area contributed by atoms with E-state index in [1.165, 1.54) is 0 Å². The van der Waals surface area contributed by atoms with Gasteiger partial charge in [0.2, 0.25) is 0 Å². The number of hydrogen-bond donors (Lipinski definition) is 1. The molecule has 0 spiro atoms. The molecule has 0 aliphatic carbocycles. The quantitative estimate of drug-likeness (QED) is 0.943. The van der Waals surface area contributed by atoms with E-state index in [4.69, 9.17) is 14.2 Å². The van der Waals surface area contributed by atoms with Gasteiger partial charge in [0, 0.05) is 6.07 Å². The normalized spacial score (nSPS) is 20.0. The lowest BCUT2D eigenvalue weighted by Crippen LogP contribution is -2.36. The van der Waals surface area contributed by atoms with Crippen LogP contribution >= 0.6 is 0 Å². The van der Waals surface area contributed by atoms with E-state index >= 15 is 0 Å². The van der Waals surface area contributed by atoms with E-state index in [1.54, 1.807) is 56.7 Å². The van der Waals surface area contributed by atoms with Crippen LogP contribution in [0.4, 0.5) is 0 Å². The van der Waals surface area contributed by atoms with E-state index in [1.807, 2.05) is 0 Å². The molecular weight excluding hydrogens is 284 g/mol. The van der Waals surface area contributed by atoms with E-state index in [9.17, 15) is 9.90 Å². The summed E-state index contributed by atoms with van der Waals surface area (Å²) in [5, 5.41) is 10.3. The van der Waals surface area contributed by atoms with Crippen molar-refractivity contribution in [3.8, 4) is 17.2 Å². The lowest BCUT2D eigenvalue weighted by Gasteiger charge is -2.30. The van der Waals surface area contributed by atoms with Crippen molar-refractivity contribution >= 4 is 5.78 Å². The summed E-state index contributed by atoms with van der Waals surface area (Å²) in [6, 6.07) is 12.0. The summed E-state index contributed by atoms with van der Waals surface area (Å²) in [6.45, 7) is 0. The molecule has 1 N–H and O–H groups in total. The molecule has 2 atom stereocenters. The van der Waals surface area contributed by atoms with E-state index in [2.05, 4.69) is 0 Å². The Morgan fingerprint density at radius 2 is 1.64 bits per heavy atom. The number of methoxy groups -OCH3 is 2. The molecule has 0 saturated heterocycles. The van der Waals surface area contributed by atoms with Gasteiger partial charge in [0.15, 0.2) is 18.0 Å². The van der Waals surface area contributed by atoms with Gasteiger partial charge in [-0.2, -0.15) is 0 Å². The van der Waals surface area contributed by atoms with E-state index in [-0.39, 0.29) is 5.78 Å². The van der Waals surface area contributed by atoms with Gasteiger partial charge in [-0.15, -0.1) is 0 Å². The topological polar surface area (TPSA) is 65.0 Å². The first kappa shape index (κ1) is 14.4. The van der Waals surface area contributed by atoms with E-state index < -0.39 is 12.2 Å². The van der Waals surface area contributed by atoms with Crippen molar-refractivity contribution in [2.24, 2.45) is 0 Å². The summed E-state index contributed by atoms with van der Waals surface area (Å²) in [5.41, 5.74) is 1.06. The lowest BCUT2D eigenvalue weighted by molar-refractivity contribution is 0.0215. The second-order valence-corrected chi connectivity index (χ2v) is 4.98. The molecule has 1 aliphatic rings. The second kappa shape index (κ2) is 5.69. The summed E-state index contributed by atoms with van der Waals surface area (Å²) in [7, 11) is 3.12. The molecule has 1 heterocycles. The summed E-state index contributed by atoms with van der Waals surface area (Å²) < 4.78 is 16.1. The fourth-order valence-corrected chi connectivity index (χ4v) is 2.47. The number of hydrogen-bond acceptors (Lipinski definition) is 5. The monoisotopic (exact) mass is 300 g/mol. The van der Waals surface area contributed by atoms with Crippen LogP contribution in [-0.2, 0) is 0 Å². The first-order valence-electron chi connectivity index (χ1n) is 6.85. The fraction of sp³-hybridized carbons (Fsp3) is 0.235. The molecule has 22 heavy (non-hydrogen) atoms. The number of aliphatic hydroxyl groups excluding tert-OH is 1. The van der Waals surface area contributed by atoms with Gasteiger partial charge in [-0.3, -0.25) is 4.79 Å². The number of rotatable bonds is 3. The van der Waals surface area contributed by atoms with Gasteiger partial charge < -0.3 is 19.3 Å². The third-order valence-corrected chi connectivity index (χ3v) is 3.71. The minimum Gasteiger partial charge on any atom is -0.497 e. The Labute approximate surface area is 128 Å². The van der Waals surface area contributed by atoms with Crippen LogP contribution in [0.25, 0.3) is 0 Å². The SMILES string of the molecule is COc1ccc([C@H]2Oc3cc(OC)ccc3C(=O)[C@@H]2O)cc1. The largest absolute Gasteiger partial charge is 0.497 e. The maximum absolute atomic E-state index is 12.3. The van der Waals surface area contributed by atoms with Crippen LogP contribution in [0, 0.1) is 0 Å². The molecule has 0 unspecified atom stereocenters. The smallest absolute Gasteiger partial charge is 0.199 e. The third kappa shape index (κ3) is 2.40. The van der Waals surface area contributed by atoms with Crippen LogP contribution in [-0.4, -0.2) is 31.2 Å². The highest BCUT2D eigenvalue weighted by atomic mass is 16.5. The average molecular weight is 300 g/mol. The molecule has 2 aromatic carbocycles. The molecule has 0 saturated carbocycles. The first-order valence-corrected chi connectivity index (χ1v) is 6.85. The van der Waals surface area contributed by atoms with Gasteiger partial charge in [-0.1, -0.05) is 12.1 Å². The number of Topliss-reactive ketones (excluding diaryl/α,β-unsaturated/α-hetero) is 1. The van der Waals surface area contributed by atoms with E-state index in [0.717, 1.165) is 0 Å². The van der Waals surface area contributed by atoms with Crippen LogP contribution in [0.15, 0.2) is 42.5 Å². The Morgan fingerprint density at radius 3 is 2.27 bits per heavy atom. The van der Waals surface area contributed by atoms with Gasteiger partial charge in [0.05, 0.1) is 19.8 Å². The Bertz CT molecular complexity index is 693. The Kier molecular flexibility index (Phi) is 3.73. The van der Waals surface area contributed by atoms with Gasteiger partial charge in [-0.05, 0) is 29.8 Å². The summed E-state index contributed by atoms with van der Waals surface area (Å²) in [6.07, 6.45) is -1.99. The highest BCUT2D eigenvalue weighted by Crippen LogP contribution is 2.37. The maximum Gasteiger partial charge on any atom is 0.199 e. The molecule has 3 rings (SSSR count). The number of ether oxygens (including phenoxy) is 3. The number of carbonyl (C=O) groups excluding carboxylic acids is 1. The molecule has 2 aromatic rings. The van der Waals surface area contributed by atoms with Crippen molar-refractivity contribution in [2.45, 2.75) is 12.2 Å². The zero-order valence-electron chi connectivity index (χ0n) is 12.3. The zero-order valence-corrected chi connectivity index (χ0v) is 12.3. The van der Waals surface area contributed by atoms with Crippen molar-refractivity contribution in [2.75, 3.05) is 14.2 Å². The molecule has 0 amide bonds. The molecule has 5 heteroatoms. The molecule has 1 aliphatic heterocycles. The van der Waals surface area contributed by atoms with Crippen LogP contribution in [0.1, 0.15) is 22.0 Å². The van der Waals surface area contributed by atoms with Crippen molar-refractivity contribution < 1.29 is 24.1 Å². The number of benzene rings is 2. The van der Waals surface area contributed by atoms with Crippen LogP contribution in [0.2, 0.25) is 0 Å². The molecular formula is C17H16O5. The molecule has 5 nitrogen and oxygen atoms in total. The molecule has 0 fully saturated rings. The summed E-state index contributed by atoms with van der Waals surface area (Å²) >= 11 is 0. The molecule has 0 aromatic heterocycles. The first-order chi connectivity index (χ1) is 10.6. The van der Waals surface area contributed by atoms with Gasteiger partial charge in [0.1, 0.15) is 17.2 Å². The van der Waals surface area contributed by atoms with Crippen LogP contribution in [0.3, 0.4) is 0 Å². The predicted molar refractivity (Wildman–Crippen MR) is 79.7 cm³/mol. The van der Waals surface area contributed by atoms with Crippen molar-refractivity contribution in [1.82, 2.24) is 0 Å². The molecule has 0 bridgehead atoms. The fourth-order valence-electron chi connectivity index (χ4n) is 2.47.